The van der Waals surface area contributed by atoms with E-state index < -0.39 is 5.54 Å². The first-order valence-electron chi connectivity index (χ1n) is 9.32. The predicted molar refractivity (Wildman–Crippen MR) is 98.7 cm³/mol. The van der Waals surface area contributed by atoms with E-state index in [1.54, 1.807) is 19.0 Å². The molecule has 1 saturated carbocycles. The molecule has 8 heteroatoms. The monoisotopic (exact) mass is 362 g/mol. The van der Waals surface area contributed by atoms with Gasteiger partial charge in [0.05, 0.1) is 5.69 Å². The van der Waals surface area contributed by atoms with Crippen molar-refractivity contribution < 1.29 is 9.59 Å². The summed E-state index contributed by atoms with van der Waals surface area (Å²) in [7, 11) is 7.39. The van der Waals surface area contributed by atoms with Gasteiger partial charge in [-0.3, -0.25) is 14.8 Å². The Morgan fingerprint density at radius 2 is 2.04 bits per heavy atom. The maximum absolute atomic E-state index is 12.6. The van der Waals surface area contributed by atoms with Crippen molar-refractivity contribution in [2.75, 3.05) is 41.3 Å². The zero-order chi connectivity index (χ0) is 18.9. The minimum absolute atomic E-state index is 0.0579. The van der Waals surface area contributed by atoms with Crippen molar-refractivity contribution in [1.82, 2.24) is 30.2 Å². The van der Waals surface area contributed by atoms with Crippen molar-refractivity contribution in [1.29, 1.82) is 0 Å². The zero-order valence-electron chi connectivity index (χ0n) is 16.2. The summed E-state index contributed by atoms with van der Waals surface area (Å²) in [5.41, 5.74) is 1.69. The van der Waals surface area contributed by atoms with Crippen LogP contribution in [-0.4, -0.2) is 83.7 Å². The van der Waals surface area contributed by atoms with Crippen LogP contribution in [0.3, 0.4) is 0 Å². The van der Waals surface area contributed by atoms with Crippen LogP contribution in [0.1, 0.15) is 42.9 Å². The Morgan fingerprint density at radius 1 is 1.35 bits per heavy atom. The molecule has 2 fully saturated rings. The molecule has 1 aromatic heterocycles. The third-order valence-electron chi connectivity index (χ3n) is 6.05. The van der Waals surface area contributed by atoms with Gasteiger partial charge in [-0.25, -0.2) is 4.79 Å². The highest BCUT2D eigenvalue weighted by Gasteiger charge is 2.55. The van der Waals surface area contributed by atoms with Gasteiger partial charge in [-0.1, -0.05) is 0 Å². The number of imide groups is 1. The highest BCUT2D eigenvalue weighted by atomic mass is 16.2. The highest BCUT2D eigenvalue weighted by molar-refractivity contribution is 6.06. The van der Waals surface area contributed by atoms with Crippen LogP contribution in [0.4, 0.5) is 4.79 Å². The summed E-state index contributed by atoms with van der Waals surface area (Å²) in [5, 5.41) is 10.7. The first-order chi connectivity index (χ1) is 12.4. The van der Waals surface area contributed by atoms with E-state index in [2.05, 4.69) is 27.5 Å². The number of nitrogens with one attached hydrogen (secondary N) is 2. The summed E-state index contributed by atoms with van der Waals surface area (Å²) in [6.07, 6.45) is 5.13. The summed E-state index contributed by atoms with van der Waals surface area (Å²) < 4.78 is 0. The molecular formula is C18H30N6O2. The SMILES string of the molecule is CNCCN(C)Cc1c[nH]nc1C1CCC2(CC1)C(=O)N(C)C(=O)N2C. The molecule has 0 atom stereocenters. The molecule has 1 aromatic rings. The van der Waals surface area contributed by atoms with E-state index in [1.807, 2.05) is 13.2 Å². The van der Waals surface area contributed by atoms with Gasteiger partial charge in [0.1, 0.15) is 5.54 Å². The number of carbonyl (C=O) groups excluding carboxylic acids is 2. The first kappa shape index (κ1) is 18.8. The summed E-state index contributed by atoms with van der Waals surface area (Å²) in [6.45, 7) is 2.78. The third kappa shape index (κ3) is 3.12. The lowest BCUT2D eigenvalue weighted by Gasteiger charge is -2.39. The van der Waals surface area contributed by atoms with Crippen molar-refractivity contribution in [3.63, 3.8) is 0 Å². The van der Waals surface area contributed by atoms with E-state index in [4.69, 9.17) is 0 Å². The highest BCUT2D eigenvalue weighted by Crippen LogP contribution is 2.44. The van der Waals surface area contributed by atoms with Gasteiger partial charge in [-0.2, -0.15) is 5.10 Å². The molecule has 0 unspecified atom stereocenters. The average Bonchev–Trinajstić information content (AvgIpc) is 3.16. The number of aromatic nitrogens is 2. The van der Waals surface area contributed by atoms with Gasteiger partial charge >= 0.3 is 6.03 Å². The van der Waals surface area contributed by atoms with Crippen LogP contribution in [0.25, 0.3) is 0 Å². The molecule has 0 bridgehead atoms. The Balaban J connectivity index is 1.67. The van der Waals surface area contributed by atoms with Gasteiger partial charge in [0.25, 0.3) is 5.91 Å². The van der Waals surface area contributed by atoms with Gasteiger partial charge in [0.2, 0.25) is 0 Å². The number of urea groups is 1. The molecule has 0 radical (unpaired) electrons. The second kappa shape index (κ2) is 7.36. The van der Waals surface area contributed by atoms with Crippen LogP contribution in [0.2, 0.25) is 0 Å². The van der Waals surface area contributed by atoms with E-state index in [0.29, 0.717) is 18.8 Å². The number of nitrogens with zero attached hydrogens (tertiary/aromatic N) is 4. The summed E-state index contributed by atoms with van der Waals surface area (Å²) in [6, 6.07) is -0.194. The lowest BCUT2D eigenvalue weighted by molar-refractivity contribution is -0.133. The van der Waals surface area contributed by atoms with Gasteiger partial charge in [-0.05, 0) is 39.8 Å². The second-order valence-electron chi connectivity index (χ2n) is 7.65. The Hall–Kier alpha value is -1.93. The van der Waals surface area contributed by atoms with Crippen molar-refractivity contribution >= 4 is 11.9 Å². The number of likely N-dealkylation sites (N-methyl/N-ethyl adjacent to an activating group) is 4. The molecule has 3 rings (SSSR count). The maximum atomic E-state index is 12.6. The van der Waals surface area contributed by atoms with Crippen LogP contribution in [-0.2, 0) is 11.3 Å². The lowest BCUT2D eigenvalue weighted by atomic mass is 9.74. The van der Waals surface area contributed by atoms with Gasteiger partial charge in [-0.15, -0.1) is 0 Å². The van der Waals surface area contributed by atoms with Crippen molar-refractivity contribution in [2.24, 2.45) is 0 Å². The molecule has 0 aromatic carbocycles. The van der Waals surface area contributed by atoms with Gasteiger partial charge in [0.15, 0.2) is 0 Å². The molecule has 144 valence electrons. The van der Waals surface area contributed by atoms with Gasteiger partial charge < -0.3 is 15.1 Å². The van der Waals surface area contributed by atoms with Gasteiger partial charge in [0, 0.05) is 51.4 Å². The van der Waals surface area contributed by atoms with Crippen LogP contribution >= 0.6 is 0 Å². The fourth-order valence-electron chi connectivity index (χ4n) is 4.35. The molecule has 1 spiro atoms. The molecule has 8 nitrogen and oxygen atoms in total. The Morgan fingerprint density at radius 3 is 2.62 bits per heavy atom. The Kier molecular flexibility index (Phi) is 5.34. The summed E-state index contributed by atoms with van der Waals surface area (Å²) in [4.78, 5) is 30.0. The van der Waals surface area contributed by atoms with Crippen LogP contribution in [0.5, 0.6) is 0 Å². The quantitative estimate of drug-likeness (QED) is 0.737. The second-order valence-corrected chi connectivity index (χ2v) is 7.65. The van der Waals surface area contributed by atoms with Crippen LogP contribution in [0.15, 0.2) is 6.20 Å². The van der Waals surface area contributed by atoms with E-state index in [0.717, 1.165) is 38.2 Å². The standard InChI is InChI=1S/C18H30N6O2/c1-19-9-10-22(2)12-14-11-20-21-15(14)13-5-7-18(8-6-13)16(25)23(3)17(26)24(18)4/h11,13,19H,5-10,12H2,1-4H3,(H,20,21). The Labute approximate surface area is 154 Å². The smallest absolute Gasteiger partial charge is 0.318 e. The number of hydrogen-bond acceptors (Lipinski definition) is 5. The average molecular weight is 362 g/mol. The van der Waals surface area contributed by atoms with Crippen molar-refractivity contribution in [3.8, 4) is 0 Å². The zero-order valence-corrected chi connectivity index (χ0v) is 16.2. The molecule has 2 heterocycles. The summed E-state index contributed by atoms with van der Waals surface area (Å²) >= 11 is 0. The van der Waals surface area contributed by atoms with Crippen molar-refractivity contribution in [3.05, 3.63) is 17.5 Å². The fourth-order valence-corrected chi connectivity index (χ4v) is 4.35. The minimum Gasteiger partial charge on any atom is -0.318 e. The molecule has 1 aliphatic carbocycles. The molecule has 2 aliphatic rings. The molecule has 26 heavy (non-hydrogen) atoms. The minimum atomic E-state index is -0.650. The van der Waals surface area contributed by atoms with Crippen LogP contribution < -0.4 is 5.32 Å². The lowest BCUT2D eigenvalue weighted by Crippen LogP contribution is -2.50. The molecule has 2 N–H and O–H groups in total. The molecule has 1 aliphatic heterocycles. The number of carbonyl (C=O) groups is 2. The molecule has 3 amide bonds. The fraction of sp³-hybridized carbons (Fsp3) is 0.722. The van der Waals surface area contributed by atoms with E-state index in [1.165, 1.54) is 10.5 Å². The number of H-pyrrole nitrogens is 1. The van der Waals surface area contributed by atoms with E-state index in [9.17, 15) is 9.59 Å². The number of amides is 3. The van der Waals surface area contributed by atoms with E-state index >= 15 is 0 Å². The molecule has 1 saturated heterocycles. The third-order valence-corrected chi connectivity index (χ3v) is 6.05. The van der Waals surface area contributed by atoms with Crippen LogP contribution in [0, 0.1) is 0 Å². The Bertz CT molecular complexity index is 664. The topological polar surface area (TPSA) is 84.6 Å². The largest absolute Gasteiger partial charge is 0.327 e. The first-order valence-corrected chi connectivity index (χ1v) is 9.32. The number of hydrogen-bond donors (Lipinski definition) is 2. The van der Waals surface area contributed by atoms with Crippen molar-refractivity contribution in [2.45, 2.75) is 43.7 Å². The maximum Gasteiger partial charge on any atom is 0.327 e. The number of rotatable bonds is 6. The van der Waals surface area contributed by atoms with E-state index in [-0.39, 0.29) is 11.9 Å². The predicted octanol–water partition coefficient (Wildman–Crippen LogP) is 0.981. The molecular weight excluding hydrogens is 332 g/mol. The summed E-state index contributed by atoms with van der Waals surface area (Å²) in [5.74, 6) is 0.277. The number of aromatic amines is 1. The normalized spacial score (nSPS) is 26.6.